The van der Waals surface area contributed by atoms with E-state index in [1.165, 1.54) is 16.9 Å². The summed E-state index contributed by atoms with van der Waals surface area (Å²) in [6.45, 7) is 2.43. The van der Waals surface area contributed by atoms with Crippen LogP contribution < -0.4 is 5.32 Å². The molecule has 1 amide bonds. The molecule has 5 rings (SSSR count). The summed E-state index contributed by atoms with van der Waals surface area (Å²) >= 11 is 1.65. The van der Waals surface area contributed by atoms with E-state index in [1.54, 1.807) is 17.6 Å². The van der Waals surface area contributed by atoms with E-state index in [-0.39, 0.29) is 5.91 Å². The number of aromatic amines is 1. The summed E-state index contributed by atoms with van der Waals surface area (Å²) in [7, 11) is 0. The molecule has 3 heterocycles. The Kier molecular flexibility index (Phi) is 5.01. The van der Waals surface area contributed by atoms with Gasteiger partial charge in [-0.1, -0.05) is 18.2 Å². The van der Waals surface area contributed by atoms with Crippen molar-refractivity contribution in [3.63, 3.8) is 0 Å². The van der Waals surface area contributed by atoms with Gasteiger partial charge in [0.2, 0.25) is 0 Å². The molecule has 0 bridgehead atoms. The SMILES string of the molecule is Cc1[nH]c2ccccc2c1C=Nc1sc2c(c1C(=O)NCc1ccco1)CCCC2. The van der Waals surface area contributed by atoms with Crippen LogP contribution in [0.15, 0.2) is 52.1 Å². The molecule has 3 aromatic heterocycles. The lowest BCUT2D eigenvalue weighted by Gasteiger charge is -2.12. The Morgan fingerprint density at radius 1 is 1.23 bits per heavy atom. The van der Waals surface area contributed by atoms with Crippen LogP contribution >= 0.6 is 11.3 Å². The molecule has 2 N–H and O–H groups in total. The zero-order valence-electron chi connectivity index (χ0n) is 16.8. The number of thiophene rings is 1. The summed E-state index contributed by atoms with van der Waals surface area (Å²) in [4.78, 5) is 22.6. The van der Waals surface area contributed by atoms with Crippen LogP contribution in [0.4, 0.5) is 5.00 Å². The predicted molar refractivity (Wildman–Crippen MR) is 121 cm³/mol. The van der Waals surface area contributed by atoms with E-state index in [0.29, 0.717) is 6.54 Å². The van der Waals surface area contributed by atoms with Crippen LogP contribution in [-0.2, 0) is 19.4 Å². The minimum absolute atomic E-state index is 0.0754. The number of amides is 1. The zero-order chi connectivity index (χ0) is 20.5. The monoisotopic (exact) mass is 417 g/mol. The Morgan fingerprint density at radius 2 is 2.10 bits per heavy atom. The van der Waals surface area contributed by atoms with Crippen molar-refractivity contribution in [1.29, 1.82) is 0 Å². The lowest BCUT2D eigenvalue weighted by molar-refractivity contribution is 0.0948. The molecule has 1 aromatic carbocycles. The van der Waals surface area contributed by atoms with Gasteiger partial charge in [-0.2, -0.15) is 0 Å². The van der Waals surface area contributed by atoms with Crippen LogP contribution in [0.3, 0.4) is 0 Å². The van der Waals surface area contributed by atoms with Crippen molar-refractivity contribution in [2.75, 3.05) is 0 Å². The molecular formula is C24H23N3O2S. The van der Waals surface area contributed by atoms with Gasteiger partial charge in [-0.25, -0.2) is 4.99 Å². The van der Waals surface area contributed by atoms with E-state index in [4.69, 9.17) is 9.41 Å². The molecule has 6 heteroatoms. The third-order valence-electron chi connectivity index (χ3n) is 5.64. The van der Waals surface area contributed by atoms with Gasteiger partial charge in [-0.3, -0.25) is 4.79 Å². The number of H-pyrrole nitrogens is 1. The second kappa shape index (κ2) is 7.95. The molecule has 0 radical (unpaired) electrons. The maximum Gasteiger partial charge on any atom is 0.255 e. The van der Waals surface area contributed by atoms with Crippen molar-refractivity contribution >= 4 is 39.4 Å². The number of fused-ring (bicyclic) bond motifs is 2. The molecule has 0 atom stereocenters. The smallest absolute Gasteiger partial charge is 0.255 e. The number of hydrogen-bond acceptors (Lipinski definition) is 4. The molecule has 152 valence electrons. The van der Waals surface area contributed by atoms with Crippen LogP contribution in [0.5, 0.6) is 0 Å². The molecule has 0 unspecified atom stereocenters. The van der Waals surface area contributed by atoms with Crippen molar-refractivity contribution < 1.29 is 9.21 Å². The summed E-state index contributed by atoms with van der Waals surface area (Å²) in [6, 6.07) is 11.9. The fraction of sp³-hybridized carbons (Fsp3) is 0.250. The molecule has 30 heavy (non-hydrogen) atoms. The highest BCUT2D eigenvalue weighted by atomic mass is 32.1. The van der Waals surface area contributed by atoms with Crippen molar-refractivity contribution in [3.05, 3.63) is 75.7 Å². The number of benzene rings is 1. The summed E-state index contributed by atoms with van der Waals surface area (Å²) < 4.78 is 5.35. The molecular weight excluding hydrogens is 394 g/mol. The average Bonchev–Trinajstić information content (AvgIpc) is 3.47. The van der Waals surface area contributed by atoms with Crippen LogP contribution in [-0.4, -0.2) is 17.1 Å². The number of para-hydroxylation sites is 1. The number of carbonyl (C=O) groups excluding carboxylic acids is 1. The standard InChI is InChI=1S/C24H23N3O2S/c1-15-19(17-8-2-4-10-20(17)27-15)14-26-24-22(18-9-3-5-11-21(18)30-24)23(28)25-13-16-7-6-12-29-16/h2,4,6-8,10,12,14,27H,3,5,9,11,13H2,1H3,(H,25,28). The quantitative estimate of drug-likeness (QED) is 0.410. The average molecular weight is 418 g/mol. The van der Waals surface area contributed by atoms with Crippen LogP contribution in [0.1, 0.15) is 50.7 Å². The van der Waals surface area contributed by atoms with Crippen LogP contribution in [0, 0.1) is 6.92 Å². The number of furan rings is 1. The molecule has 1 aliphatic rings. The first kappa shape index (κ1) is 18.9. The fourth-order valence-electron chi connectivity index (χ4n) is 4.13. The molecule has 0 saturated heterocycles. The lowest BCUT2D eigenvalue weighted by Crippen LogP contribution is -2.23. The first-order chi connectivity index (χ1) is 14.7. The Labute approximate surface area is 178 Å². The summed E-state index contributed by atoms with van der Waals surface area (Å²) in [5, 5.41) is 4.94. The zero-order valence-corrected chi connectivity index (χ0v) is 17.6. The van der Waals surface area contributed by atoms with E-state index in [0.717, 1.165) is 57.7 Å². The van der Waals surface area contributed by atoms with Gasteiger partial charge in [-0.15, -0.1) is 11.3 Å². The maximum absolute atomic E-state index is 13.1. The van der Waals surface area contributed by atoms with Gasteiger partial charge in [0.1, 0.15) is 10.8 Å². The Hall–Kier alpha value is -3.12. The Bertz CT molecular complexity index is 1230. The third kappa shape index (κ3) is 3.48. The highest BCUT2D eigenvalue weighted by Crippen LogP contribution is 2.40. The highest BCUT2D eigenvalue weighted by molar-refractivity contribution is 7.16. The number of aromatic nitrogens is 1. The molecule has 0 fully saturated rings. The van der Waals surface area contributed by atoms with Gasteiger partial charge >= 0.3 is 0 Å². The van der Waals surface area contributed by atoms with Gasteiger partial charge in [-0.05, 0) is 56.4 Å². The molecule has 0 saturated carbocycles. The van der Waals surface area contributed by atoms with Gasteiger partial charge < -0.3 is 14.7 Å². The number of aryl methyl sites for hydroxylation is 2. The van der Waals surface area contributed by atoms with Gasteiger partial charge in [0.25, 0.3) is 5.91 Å². The first-order valence-corrected chi connectivity index (χ1v) is 11.1. The van der Waals surface area contributed by atoms with E-state index in [9.17, 15) is 4.79 Å². The fourth-order valence-corrected chi connectivity index (χ4v) is 5.36. The number of carbonyl (C=O) groups is 1. The number of nitrogens with one attached hydrogen (secondary N) is 2. The maximum atomic E-state index is 13.1. The molecule has 1 aliphatic carbocycles. The third-order valence-corrected chi connectivity index (χ3v) is 6.84. The summed E-state index contributed by atoms with van der Waals surface area (Å²) in [6.07, 6.45) is 7.78. The second-order valence-electron chi connectivity index (χ2n) is 7.62. The van der Waals surface area contributed by atoms with Crippen molar-refractivity contribution in [3.8, 4) is 0 Å². The summed E-state index contributed by atoms with van der Waals surface area (Å²) in [5.74, 6) is 0.667. The van der Waals surface area contributed by atoms with Gasteiger partial charge in [0.05, 0.1) is 18.4 Å². The topological polar surface area (TPSA) is 70.4 Å². The van der Waals surface area contributed by atoms with Crippen molar-refractivity contribution in [2.45, 2.75) is 39.2 Å². The van der Waals surface area contributed by atoms with Crippen LogP contribution in [0.25, 0.3) is 10.9 Å². The summed E-state index contributed by atoms with van der Waals surface area (Å²) in [5.41, 5.74) is 5.14. The van der Waals surface area contributed by atoms with Crippen molar-refractivity contribution in [2.24, 2.45) is 4.99 Å². The number of aliphatic imine (C=N–C) groups is 1. The lowest BCUT2D eigenvalue weighted by atomic mass is 9.95. The molecule has 0 spiro atoms. The Morgan fingerprint density at radius 3 is 2.97 bits per heavy atom. The van der Waals surface area contributed by atoms with Crippen LogP contribution in [0.2, 0.25) is 0 Å². The Balaban J connectivity index is 1.49. The minimum Gasteiger partial charge on any atom is -0.467 e. The number of nitrogens with zero attached hydrogens (tertiary/aromatic N) is 1. The number of rotatable bonds is 5. The van der Waals surface area contributed by atoms with Crippen molar-refractivity contribution in [1.82, 2.24) is 10.3 Å². The molecule has 5 nitrogen and oxygen atoms in total. The van der Waals surface area contributed by atoms with Gasteiger partial charge in [0, 0.05) is 33.3 Å². The van der Waals surface area contributed by atoms with E-state index in [2.05, 4.69) is 29.4 Å². The number of hydrogen-bond donors (Lipinski definition) is 2. The first-order valence-electron chi connectivity index (χ1n) is 10.3. The van der Waals surface area contributed by atoms with Gasteiger partial charge in [0.15, 0.2) is 0 Å². The molecule has 4 aromatic rings. The van der Waals surface area contributed by atoms with E-state index >= 15 is 0 Å². The predicted octanol–water partition coefficient (Wildman–Crippen LogP) is 5.69. The van der Waals surface area contributed by atoms with E-state index in [1.807, 2.05) is 30.5 Å². The molecule has 0 aliphatic heterocycles. The second-order valence-corrected chi connectivity index (χ2v) is 8.70. The minimum atomic E-state index is -0.0754. The largest absolute Gasteiger partial charge is 0.467 e. The van der Waals surface area contributed by atoms with E-state index < -0.39 is 0 Å². The highest BCUT2D eigenvalue weighted by Gasteiger charge is 2.25. The normalized spacial score (nSPS) is 13.8.